The lowest BCUT2D eigenvalue weighted by Crippen LogP contribution is -2.07. The molecule has 0 aliphatic carbocycles. The monoisotopic (exact) mass is 272 g/mol. The molecule has 0 unspecified atom stereocenters. The number of rotatable bonds is 3. The van der Waals surface area contributed by atoms with Crippen LogP contribution in [0.1, 0.15) is 5.56 Å². The highest BCUT2D eigenvalue weighted by Gasteiger charge is 2.00. The van der Waals surface area contributed by atoms with Crippen LogP contribution < -0.4 is 11.1 Å². The lowest BCUT2D eigenvalue weighted by atomic mass is 10.2. The van der Waals surface area contributed by atoms with E-state index in [9.17, 15) is 4.79 Å². The first-order valence-corrected chi connectivity index (χ1v) is 6.12. The number of nitrogens with two attached hydrogens (primary N) is 1. The van der Waals surface area contributed by atoms with Gasteiger partial charge in [0.05, 0.1) is 10.7 Å². The summed E-state index contributed by atoms with van der Waals surface area (Å²) < 4.78 is 0. The fourth-order valence-corrected chi connectivity index (χ4v) is 1.66. The Morgan fingerprint density at radius 3 is 2.58 bits per heavy atom. The Bertz CT molecular complexity index is 609. The third kappa shape index (κ3) is 3.86. The second-order valence-corrected chi connectivity index (χ2v) is 4.38. The van der Waals surface area contributed by atoms with Crippen molar-refractivity contribution in [2.45, 2.75) is 0 Å². The first-order valence-electron chi connectivity index (χ1n) is 5.74. The van der Waals surface area contributed by atoms with Gasteiger partial charge in [0.15, 0.2) is 0 Å². The standard InChI is InChI=1S/C15H13ClN2O/c16-13-8-7-12(10-14(13)17)18-15(19)9-6-11-4-2-1-3-5-11/h1-10H,17H2,(H,18,19)/b9-6+. The Labute approximate surface area is 116 Å². The van der Waals surface area contributed by atoms with Gasteiger partial charge in [-0.05, 0) is 29.8 Å². The molecule has 0 radical (unpaired) electrons. The third-order valence-corrected chi connectivity index (χ3v) is 2.83. The van der Waals surface area contributed by atoms with Crippen molar-refractivity contribution in [1.29, 1.82) is 0 Å². The molecule has 0 fully saturated rings. The van der Waals surface area contributed by atoms with E-state index in [0.717, 1.165) is 5.56 Å². The molecule has 2 aromatic rings. The summed E-state index contributed by atoms with van der Waals surface area (Å²) in [6, 6.07) is 14.6. The minimum absolute atomic E-state index is 0.217. The molecule has 0 bridgehead atoms. The number of hydrogen-bond donors (Lipinski definition) is 2. The largest absolute Gasteiger partial charge is 0.397 e. The van der Waals surface area contributed by atoms with Gasteiger partial charge in [-0.25, -0.2) is 0 Å². The molecule has 96 valence electrons. The average Bonchev–Trinajstić information content (AvgIpc) is 2.42. The third-order valence-electron chi connectivity index (χ3n) is 2.49. The molecule has 2 rings (SSSR count). The number of hydrogen-bond acceptors (Lipinski definition) is 2. The molecule has 4 heteroatoms. The van der Waals surface area contributed by atoms with E-state index in [0.29, 0.717) is 16.4 Å². The summed E-state index contributed by atoms with van der Waals surface area (Å²) in [6.07, 6.45) is 3.22. The van der Waals surface area contributed by atoms with Crippen molar-refractivity contribution < 1.29 is 4.79 Å². The van der Waals surface area contributed by atoms with Crippen LogP contribution in [0, 0.1) is 0 Å². The van der Waals surface area contributed by atoms with Crippen LogP contribution in [0.5, 0.6) is 0 Å². The minimum Gasteiger partial charge on any atom is -0.397 e. The molecule has 0 spiro atoms. The van der Waals surface area contributed by atoms with Gasteiger partial charge in [0.2, 0.25) is 5.91 Å². The smallest absolute Gasteiger partial charge is 0.248 e. The summed E-state index contributed by atoms with van der Waals surface area (Å²) in [6.45, 7) is 0. The van der Waals surface area contributed by atoms with Crippen molar-refractivity contribution in [3.05, 3.63) is 65.2 Å². The van der Waals surface area contributed by atoms with Crippen LogP contribution in [0.3, 0.4) is 0 Å². The summed E-state index contributed by atoms with van der Waals surface area (Å²) in [5.41, 5.74) is 7.68. The van der Waals surface area contributed by atoms with Crippen LogP contribution in [0.15, 0.2) is 54.6 Å². The van der Waals surface area contributed by atoms with E-state index in [-0.39, 0.29) is 5.91 Å². The second kappa shape index (κ2) is 6.07. The quantitative estimate of drug-likeness (QED) is 0.663. The van der Waals surface area contributed by atoms with Gasteiger partial charge in [0, 0.05) is 11.8 Å². The van der Waals surface area contributed by atoms with Crippen LogP contribution in [0.4, 0.5) is 11.4 Å². The topological polar surface area (TPSA) is 55.1 Å². The van der Waals surface area contributed by atoms with Gasteiger partial charge in [0.25, 0.3) is 0 Å². The molecule has 0 heterocycles. The molecule has 3 nitrogen and oxygen atoms in total. The highest BCUT2D eigenvalue weighted by Crippen LogP contribution is 2.22. The van der Waals surface area contributed by atoms with E-state index in [1.807, 2.05) is 30.3 Å². The fourth-order valence-electron chi connectivity index (χ4n) is 1.54. The fraction of sp³-hybridized carbons (Fsp3) is 0. The van der Waals surface area contributed by atoms with Crippen LogP contribution in [-0.4, -0.2) is 5.91 Å². The zero-order valence-corrected chi connectivity index (χ0v) is 10.9. The van der Waals surface area contributed by atoms with Crippen molar-refractivity contribution in [2.75, 3.05) is 11.1 Å². The lowest BCUT2D eigenvalue weighted by Gasteiger charge is -2.04. The second-order valence-electron chi connectivity index (χ2n) is 3.97. The number of nitrogen functional groups attached to an aromatic ring is 1. The number of halogens is 1. The van der Waals surface area contributed by atoms with E-state index >= 15 is 0 Å². The van der Waals surface area contributed by atoms with Crippen LogP contribution >= 0.6 is 11.6 Å². The predicted octanol–water partition coefficient (Wildman–Crippen LogP) is 3.57. The van der Waals surface area contributed by atoms with Crippen molar-refractivity contribution >= 4 is 35.0 Å². The highest BCUT2D eigenvalue weighted by molar-refractivity contribution is 6.33. The first-order chi connectivity index (χ1) is 9.15. The Hall–Kier alpha value is -2.26. The van der Waals surface area contributed by atoms with E-state index < -0.39 is 0 Å². The Morgan fingerprint density at radius 1 is 1.16 bits per heavy atom. The zero-order valence-electron chi connectivity index (χ0n) is 10.1. The van der Waals surface area contributed by atoms with Gasteiger partial charge in [-0.2, -0.15) is 0 Å². The predicted molar refractivity (Wildman–Crippen MR) is 80.0 cm³/mol. The van der Waals surface area contributed by atoms with E-state index in [2.05, 4.69) is 5.32 Å². The summed E-state index contributed by atoms with van der Waals surface area (Å²) >= 11 is 5.81. The summed E-state index contributed by atoms with van der Waals surface area (Å²) in [5, 5.41) is 3.19. The first kappa shape index (κ1) is 13.2. The van der Waals surface area contributed by atoms with E-state index in [1.165, 1.54) is 6.08 Å². The molecule has 0 atom stereocenters. The molecule has 1 amide bonds. The van der Waals surface area contributed by atoms with Crippen LogP contribution in [0.25, 0.3) is 6.08 Å². The SMILES string of the molecule is Nc1cc(NC(=O)/C=C/c2ccccc2)ccc1Cl. The minimum atomic E-state index is -0.217. The maximum absolute atomic E-state index is 11.7. The highest BCUT2D eigenvalue weighted by atomic mass is 35.5. The molecular weight excluding hydrogens is 260 g/mol. The number of nitrogens with one attached hydrogen (secondary N) is 1. The van der Waals surface area contributed by atoms with Gasteiger partial charge in [-0.15, -0.1) is 0 Å². The lowest BCUT2D eigenvalue weighted by molar-refractivity contribution is -0.111. The molecule has 0 aliphatic rings. The van der Waals surface area contributed by atoms with Gasteiger partial charge in [-0.3, -0.25) is 4.79 Å². The summed E-state index contributed by atoms with van der Waals surface area (Å²) in [7, 11) is 0. The molecule has 0 aromatic heterocycles. The molecule has 0 saturated carbocycles. The molecule has 19 heavy (non-hydrogen) atoms. The number of benzene rings is 2. The molecule has 2 aromatic carbocycles. The molecule has 3 N–H and O–H groups in total. The van der Waals surface area contributed by atoms with E-state index in [1.54, 1.807) is 24.3 Å². The number of carbonyl (C=O) groups excluding carboxylic acids is 1. The zero-order chi connectivity index (χ0) is 13.7. The summed E-state index contributed by atoms with van der Waals surface area (Å²) in [4.78, 5) is 11.7. The number of amides is 1. The normalized spacial score (nSPS) is 10.6. The maximum Gasteiger partial charge on any atom is 0.248 e. The maximum atomic E-state index is 11.7. The summed E-state index contributed by atoms with van der Waals surface area (Å²) in [5.74, 6) is -0.217. The molecule has 0 aliphatic heterocycles. The van der Waals surface area contributed by atoms with Crippen molar-refractivity contribution in [3.8, 4) is 0 Å². The Morgan fingerprint density at radius 2 is 1.89 bits per heavy atom. The average molecular weight is 273 g/mol. The van der Waals surface area contributed by atoms with Crippen LogP contribution in [0.2, 0.25) is 5.02 Å². The van der Waals surface area contributed by atoms with Gasteiger partial charge in [-0.1, -0.05) is 41.9 Å². The van der Waals surface area contributed by atoms with Gasteiger partial charge >= 0.3 is 0 Å². The number of anilines is 2. The van der Waals surface area contributed by atoms with Crippen molar-refractivity contribution in [1.82, 2.24) is 0 Å². The molecular formula is C15H13ClN2O. The van der Waals surface area contributed by atoms with Crippen molar-refractivity contribution in [2.24, 2.45) is 0 Å². The van der Waals surface area contributed by atoms with Crippen LogP contribution in [-0.2, 0) is 4.79 Å². The van der Waals surface area contributed by atoms with Gasteiger partial charge in [0.1, 0.15) is 0 Å². The van der Waals surface area contributed by atoms with Gasteiger partial charge < -0.3 is 11.1 Å². The van der Waals surface area contributed by atoms with E-state index in [4.69, 9.17) is 17.3 Å². The molecule has 0 saturated heterocycles. The number of carbonyl (C=O) groups is 1. The Balaban J connectivity index is 2.01. The Kier molecular flexibility index (Phi) is 4.21. The van der Waals surface area contributed by atoms with Crippen molar-refractivity contribution in [3.63, 3.8) is 0 Å².